The number of nitrogens with one attached hydrogen (secondary N) is 2. The van der Waals surface area contributed by atoms with Gasteiger partial charge in [0.2, 0.25) is 0 Å². The van der Waals surface area contributed by atoms with Crippen LogP contribution in [0.1, 0.15) is 58.3 Å². The van der Waals surface area contributed by atoms with E-state index in [2.05, 4.69) is 60.6 Å². The number of aliphatic hydroxyl groups is 1. The molecule has 2 aliphatic carbocycles. The van der Waals surface area contributed by atoms with Crippen LogP contribution in [0.5, 0.6) is 0 Å². The predicted octanol–water partition coefficient (Wildman–Crippen LogP) is 4.81. The van der Waals surface area contributed by atoms with Crippen molar-refractivity contribution in [3.05, 3.63) is 59.9 Å². The first-order valence-corrected chi connectivity index (χ1v) is 11.6. The van der Waals surface area contributed by atoms with Crippen molar-refractivity contribution in [3.63, 3.8) is 0 Å². The number of ether oxygens (including phenoxy) is 1. The molecule has 168 valence electrons. The Morgan fingerprint density at radius 2 is 2.23 bits per heavy atom. The van der Waals surface area contributed by atoms with Gasteiger partial charge in [-0.3, -0.25) is 0 Å². The molecule has 0 saturated heterocycles. The number of likely N-dealkylation sites (N-methyl/N-ethyl adjacent to an activating group) is 1. The summed E-state index contributed by atoms with van der Waals surface area (Å²) in [7, 11) is 2.04. The minimum Gasteiger partial charge on any atom is -0.498 e. The van der Waals surface area contributed by atoms with Gasteiger partial charge in [-0.2, -0.15) is 0 Å². The zero-order chi connectivity index (χ0) is 21.7. The molecule has 2 unspecified atom stereocenters. The van der Waals surface area contributed by atoms with Crippen molar-refractivity contribution in [2.45, 2.75) is 63.8 Å². The molecule has 0 fully saturated rings. The van der Waals surface area contributed by atoms with Crippen LogP contribution >= 0.6 is 0 Å². The van der Waals surface area contributed by atoms with Crippen LogP contribution in [0, 0.1) is 5.92 Å². The van der Waals surface area contributed by atoms with Gasteiger partial charge in [-0.05, 0) is 71.0 Å². The lowest BCUT2D eigenvalue weighted by atomic mass is 9.90. The Hall–Kier alpha value is -1.62. The largest absolute Gasteiger partial charge is 0.498 e. The molecule has 0 aliphatic heterocycles. The van der Waals surface area contributed by atoms with E-state index in [1.54, 1.807) is 0 Å². The summed E-state index contributed by atoms with van der Waals surface area (Å²) >= 11 is 0. The molecule has 2 rings (SSSR count). The highest BCUT2D eigenvalue weighted by atomic mass is 16.5. The summed E-state index contributed by atoms with van der Waals surface area (Å²) in [6.45, 7) is 9.03. The monoisotopic (exact) mass is 414 g/mol. The smallest absolute Gasteiger partial charge is 0.0939 e. The van der Waals surface area contributed by atoms with Gasteiger partial charge in [-0.25, -0.2) is 0 Å². The first kappa shape index (κ1) is 24.6. The van der Waals surface area contributed by atoms with Gasteiger partial charge in [-0.1, -0.05) is 48.6 Å². The molecule has 2 atom stereocenters. The van der Waals surface area contributed by atoms with Gasteiger partial charge in [0.1, 0.15) is 0 Å². The normalized spacial score (nSPS) is 27.0. The third-order valence-electron chi connectivity index (χ3n) is 6.24. The number of hydrogen-bond donors (Lipinski definition) is 3. The van der Waals surface area contributed by atoms with E-state index in [4.69, 9.17) is 9.84 Å². The van der Waals surface area contributed by atoms with E-state index < -0.39 is 0 Å². The van der Waals surface area contributed by atoms with Crippen LogP contribution in [0.4, 0.5) is 0 Å². The van der Waals surface area contributed by atoms with Gasteiger partial charge < -0.3 is 20.5 Å². The zero-order valence-electron chi connectivity index (χ0n) is 19.1. The Kier molecular flexibility index (Phi) is 11.2. The lowest BCUT2D eigenvalue weighted by Gasteiger charge is -2.32. The second-order valence-corrected chi connectivity index (χ2v) is 8.56. The van der Waals surface area contributed by atoms with E-state index in [1.165, 1.54) is 30.4 Å². The minimum absolute atomic E-state index is 0.0333. The highest BCUT2D eigenvalue weighted by molar-refractivity contribution is 5.41. The molecule has 30 heavy (non-hydrogen) atoms. The SMILES string of the molecule is C=C(C/C=C\C1=C(C)CCC1(CNCCCO)NC)OCC1/C=C\C/C=C\CCC1. The summed E-state index contributed by atoms with van der Waals surface area (Å²) in [5.74, 6) is 1.32. The molecular formula is C26H42N2O2. The van der Waals surface area contributed by atoms with Gasteiger partial charge in [0.25, 0.3) is 0 Å². The average Bonchev–Trinajstić information content (AvgIpc) is 3.13. The maximum atomic E-state index is 9.00. The summed E-state index contributed by atoms with van der Waals surface area (Å²) in [5, 5.41) is 16.1. The van der Waals surface area contributed by atoms with Crippen LogP contribution in [0.3, 0.4) is 0 Å². The Morgan fingerprint density at radius 3 is 3.03 bits per heavy atom. The Balaban J connectivity index is 1.83. The maximum Gasteiger partial charge on any atom is 0.0939 e. The van der Waals surface area contributed by atoms with Crippen molar-refractivity contribution in [3.8, 4) is 0 Å². The fraction of sp³-hybridized carbons (Fsp3) is 0.615. The molecule has 0 heterocycles. The molecule has 0 saturated carbocycles. The number of aliphatic hydroxyl groups excluding tert-OH is 1. The first-order chi connectivity index (χ1) is 14.6. The molecule has 0 aromatic carbocycles. The molecule has 0 spiro atoms. The fourth-order valence-electron chi connectivity index (χ4n) is 4.31. The molecule has 0 radical (unpaired) electrons. The summed E-state index contributed by atoms with van der Waals surface area (Å²) in [6, 6.07) is 0. The lowest BCUT2D eigenvalue weighted by Crippen LogP contribution is -2.50. The van der Waals surface area contributed by atoms with E-state index >= 15 is 0 Å². The Morgan fingerprint density at radius 1 is 1.37 bits per heavy atom. The van der Waals surface area contributed by atoms with Gasteiger partial charge in [0.05, 0.1) is 17.9 Å². The van der Waals surface area contributed by atoms with Gasteiger partial charge >= 0.3 is 0 Å². The summed E-state index contributed by atoms with van der Waals surface area (Å²) in [5.41, 5.74) is 2.79. The highest BCUT2D eigenvalue weighted by Crippen LogP contribution is 2.36. The quantitative estimate of drug-likeness (QED) is 0.244. The topological polar surface area (TPSA) is 53.5 Å². The predicted molar refractivity (Wildman–Crippen MR) is 127 cm³/mol. The standard InChI is InChI=1S/C26H42N2O2/c1-22-16-17-26(27-3,21-28-18-11-19-29)25(22)15-10-12-23(2)30-20-24-13-8-6-4-5-7-9-14-24/h4-5,8,10,13,15,24,27-29H,2,6-7,9,11-12,14,16-21H2,1,3H3/b5-4-,13-8-,15-10-. The molecule has 0 aromatic rings. The summed E-state index contributed by atoms with van der Waals surface area (Å²) in [6.07, 6.45) is 21.8. The van der Waals surface area contributed by atoms with Crippen LogP contribution in [0.2, 0.25) is 0 Å². The molecule has 0 bridgehead atoms. The number of allylic oxidation sites excluding steroid dienone is 5. The fourth-order valence-corrected chi connectivity index (χ4v) is 4.31. The van der Waals surface area contributed by atoms with E-state index in [-0.39, 0.29) is 12.1 Å². The average molecular weight is 415 g/mol. The second kappa shape index (κ2) is 13.6. The molecule has 0 aromatic heterocycles. The van der Waals surface area contributed by atoms with Gasteiger partial charge in [0.15, 0.2) is 0 Å². The van der Waals surface area contributed by atoms with Crippen molar-refractivity contribution < 1.29 is 9.84 Å². The number of rotatable bonds is 12. The van der Waals surface area contributed by atoms with E-state index in [1.807, 2.05) is 7.05 Å². The van der Waals surface area contributed by atoms with E-state index in [9.17, 15) is 0 Å². The molecule has 4 heteroatoms. The molecule has 0 amide bonds. The Bertz CT molecular complexity index is 647. The zero-order valence-corrected chi connectivity index (χ0v) is 19.1. The third-order valence-corrected chi connectivity index (χ3v) is 6.24. The van der Waals surface area contributed by atoms with Gasteiger partial charge in [-0.15, -0.1) is 0 Å². The van der Waals surface area contributed by atoms with Crippen molar-refractivity contribution >= 4 is 0 Å². The van der Waals surface area contributed by atoms with Crippen molar-refractivity contribution in [2.24, 2.45) is 5.92 Å². The van der Waals surface area contributed by atoms with E-state index in [0.29, 0.717) is 5.92 Å². The first-order valence-electron chi connectivity index (χ1n) is 11.6. The van der Waals surface area contributed by atoms with Crippen molar-refractivity contribution in [1.82, 2.24) is 10.6 Å². The maximum absolute atomic E-state index is 9.00. The van der Waals surface area contributed by atoms with Crippen LogP contribution in [-0.4, -0.2) is 44.0 Å². The number of hydrogen-bond acceptors (Lipinski definition) is 4. The molecule has 3 N–H and O–H groups in total. The molecule has 2 aliphatic rings. The van der Waals surface area contributed by atoms with E-state index in [0.717, 1.165) is 57.6 Å². The van der Waals surface area contributed by atoms with Crippen molar-refractivity contribution in [1.29, 1.82) is 0 Å². The third kappa shape index (κ3) is 7.90. The molecular weight excluding hydrogens is 372 g/mol. The lowest BCUT2D eigenvalue weighted by molar-refractivity contribution is 0.175. The van der Waals surface area contributed by atoms with Crippen LogP contribution < -0.4 is 10.6 Å². The van der Waals surface area contributed by atoms with Crippen LogP contribution in [-0.2, 0) is 4.74 Å². The molecule has 4 nitrogen and oxygen atoms in total. The second-order valence-electron chi connectivity index (χ2n) is 8.56. The van der Waals surface area contributed by atoms with Gasteiger partial charge in [0, 0.05) is 25.5 Å². The minimum atomic E-state index is -0.0333. The summed E-state index contributed by atoms with van der Waals surface area (Å²) < 4.78 is 6.00. The van der Waals surface area contributed by atoms with Crippen LogP contribution in [0.15, 0.2) is 59.9 Å². The Labute approximate surface area is 183 Å². The van der Waals surface area contributed by atoms with Crippen LogP contribution in [0.25, 0.3) is 0 Å². The van der Waals surface area contributed by atoms with Crippen molar-refractivity contribution in [2.75, 3.05) is 33.4 Å². The summed E-state index contributed by atoms with van der Waals surface area (Å²) in [4.78, 5) is 0. The highest BCUT2D eigenvalue weighted by Gasteiger charge is 2.36.